The van der Waals surface area contributed by atoms with Crippen LogP contribution in [-0.4, -0.2) is 36.3 Å². The van der Waals surface area contributed by atoms with Gasteiger partial charge in [-0.15, -0.1) is 12.4 Å². The molecule has 0 N–H and O–H groups in total. The zero-order valence-electron chi connectivity index (χ0n) is 18.1. The molecule has 0 fully saturated rings. The van der Waals surface area contributed by atoms with Gasteiger partial charge in [0.05, 0.1) is 13.1 Å². The summed E-state index contributed by atoms with van der Waals surface area (Å²) in [4.78, 5) is 16.9. The molecule has 160 valence electrons. The van der Waals surface area contributed by atoms with Gasteiger partial charge in [0, 0.05) is 12.1 Å². The van der Waals surface area contributed by atoms with Crippen molar-refractivity contribution in [3.8, 4) is 0 Å². The lowest BCUT2D eigenvalue weighted by molar-refractivity contribution is 0.0718. The van der Waals surface area contributed by atoms with Crippen LogP contribution in [0.3, 0.4) is 0 Å². The molecular formula is C24H35ClN2O2. The topological polar surface area (TPSA) is 36.7 Å². The average molecular weight is 419 g/mol. The normalized spacial score (nSPS) is 13.3. The Morgan fingerprint density at radius 1 is 1.10 bits per heavy atom. The van der Waals surface area contributed by atoms with E-state index in [1.54, 1.807) is 0 Å². The molecular weight excluding hydrogens is 384 g/mol. The van der Waals surface area contributed by atoms with Crippen LogP contribution in [-0.2, 0) is 25.9 Å². The van der Waals surface area contributed by atoms with Crippen molar-refractivity contribution in [2.24, 2.45) is 0 Å². The predicted octanol–water partition coefficient (Wildman–Crippen LogP) is 5.47. The molecule has 29 heavy (non-hydrogen) atoms. The number of carbonyl (C=O) groups is 1. The number of rotatable bonds is 9. The Morgan fingerprint density at radius 3 is 2.52 bits per heavy atom. The molecule has 1 aromatic carbocycles. The minimum Gasteiger partial charge on any atom is -0.463 e. The third-order valence-corrected chi connectivity index (χ3v) is 5.46. The van der Waals surface area contributed by atoms with Crippen molar-refractivity contribution < 1.29 is 9.21 Å². The van der Waals surface area contributed by atoms with Gasteiger partial charge in [-0.25, -0.2) is 0 Å². The monoisotopic (exact) mass is 418 g/mol. The number of unbranched alkanes of at least 4 members (excludes halogenated alkanes) is 4. The minimum atomic E-state index is 0. The van der Waals surface area contributed by atoms with Crippen molar-refractivity contribution in [3.05, 3.63) is 58.5 Å². The molecule has 0 aliphatic carbocycles. The van der Waals surface area contributed by atoms with E-state index in [-0.39, 0.29) is 18.3 Å². The Balaban J connectivity index is 0.00000300. The van der Waals surface area contributed by atoms with Crippen LogP contribution in [0, 0.1) is 0 Å². The third kappa shape index (κ3) is 6.61. The summed E-state index contributed by atoms with van der Waals surface area (Å²) in [5.41, 5.74) is 3.35. The first-order chi connectivity index (χ1) is 13.6. The lowest BCUT2D eigenvalue weighted by Gasteiger charge is -2.26. The van der Waals surface area contributed by atoms with E-state index in [4.69, 9.17) is 4.42 Å². The van der Waals surface area contributed by atoms with Crippen LogP contribution in [0.15, 0.2) is 34.7 Å². The Morgan fingerprint density at radius 2 is 1.83 bits per heavy atom. The highest BCUT2D eigenvalue weighted by Crippen LogP contribution is 2.25. The summed E-state index contributed by atoms with van der Waals surface area (Å²) in [6, 6.07) is 10.3. The van der Waals surface area contributed by atoms with Crippen molar-refractivity contribution in [2.75, 3.05) is 20.6 Å². The van der Waals surface area contributed by atoms with Gasteiger partial charge in [0.25, 0.3) is 5.91 Å². The molecule has 1 aromatic heterocycles. The van der Waals surface area contributed by atoms with Crippen LogP contribution in [0.4, 0.5) is 0 Å². The second kappa shape index (κ2) is 11.4. The average Bonchev–Trinajstić information content (AvgIpc) is 3.08. The number of benzene rings is 1. The number of halogens is 1. The number of aryl methyl sites for hydroxylation is 1. The molecule has 0 saturated carbocycles. The summed E-state index contributed by atoms with van der Waals surface area (Å²) in [6.07, 6.45) is 8.44. The van der Waals surface area contributed by atoms with Crippen molar-refractivity contribution in [3.63, 3.8) is 0 Å². The number of furan rings is 1. The number of hydrogen-bond donors (Lipinski definition) is 0. The van der Waals surface area contributed by atoms with Gasteiger partial charge in [0.1, 0.15) is 11.5 Å². The fourth-order valence-corrected chi connectivity index (χ4v) is 3.87. The molecule has 0 spiro atoms. The van der Waals surface area contributed by atoms with Gasteiger partial charge in [-0.2, -0.15) is 0 Å². The van der Waals surface area contributed by atoms with E-state index in [2.05, 4.69) is 30.0 Å². The zero-order valence-corrected chi connectivity index (χ0v) is 18.9. The van der Waals surface area contributed by atoms with Gasteiger partial charge < -0.3 is 14.2 Å². The Kier molecular flexibility index (Phi) is 9.25. The van der Waals surface area contributed by atoms with Gasteiger partial charge >= 0.3 is 0 Å². The number of carbonyl (C=O) groups excluding carboxylic acids is 1. The van der Waals surface area contributed by atoms with Crippen molar-refractivity contribution in [1.82, 2.24) is 9.80 Å². The Hall–Kier alpha value is -1.78. The largest absolute Gasteiger partial charge is 0.463 e. The van der Waals surface area contributed by atoms with Crippen LogP contribution in [0.1, 0.15) is 72.0 Å². The first-order valence-corrected chi connectivity index (χ1v) is 10.7. The highest BCUT2D eigenvalue weighted by Gasteiger charge is 2.25. The van der Waals surface area contributed by atoms with Crippen molar-refractivity contribution >= 4 is 18.3 Å². The molecule has 0 saturated heterocycles. The van der Waals surface area contributed by atoms with E-state index in [1.807, 2.05) is 31.1 Å². The molecule has 1 aliphatic rings. The molecule has 1 aliphatic heterocycles. The number of nitrogens with zero attached hydrogens (tertiary/aromatic N) is 2. The van der Waals surface area contributed by atoms with Crippen molar-refractivity contribution in [2.45, 2.75) is 65.0 Å². The van der Waals surface area contributed by atoms with Gasteiger partial charge in [0.15, 0.2) is 0 Å². The lowest BCUT2D eigenvalue weighted by atomic mass is 10.0. The van der Waals surface area contributed by atoms with Crippen LogP contribution in [0.2, 0.25) is 0 Å². The number of fused-ring (bicyclic) bond motifs is 1. The smallest absolute Gasteiger partial charge is 0.254 e. The first kappa shape index (κ1) is 23.5. The highest BCUT2D eigenvalue weighted by molar-refractivity contribution is 5.94. The van der Waals surface area contributed by atoms with Gasteiger partial charge in [-0.3, -0.25) is 4.79 Å². The molecule has 0 bridgehead atoms. The highest BCUT2D eigenvalue weighted by atomic mass is 35.5. The number of hydrogen-bond acceptors (Lipinski definition) is 3. The van der Waals surface area contributed by atoms with Crippen LogP contribution in [0.25, 0.3) is 0 Å². The lowest BCUT2D eigenvalue weighted by Crippen LogP contribution is -2.35. The molecule has 3 rings (SSSR count). The first-order valence-electron chi connectivity index (χ1n) is 10.7. The fraction of sp³-hybridized carbons (Fsp3) is 0.542. The SMILES string of the molecule is CCCCCCCc1ccc(C(=O)N2CCc3cc(CN(C)C)oc3C2)cc1.Cl. The Bertz CT molecular complexity index is 768. The standard InChI is InChI=1S/C24H34N2O2.ClH/c1-4-5-6-7-8-9-19-10-12-20(13-11-19)24(27)26-15-14-21-16-22(17-25(2)3)28-23(21)18-26;/h10-13,16H,4-9,14-15,17-18H2,1-3H3;1H. The number of amides is 1. The van der Waals surface area contributed by atoms with E-state index in [0.29, 0.717) is 6.54 Å². The molecule has 0 radical (unpaired) electrons. The molecule has 0 unspecified atom stereocenters. The van der Waals surface area contributed by atoms with Crippen molar-refractivity contribution in [1.29, 1.82) is 0 Å². The molecule has 2 aromatic rings. The van der Waals surface area contributed by atoms with Crippen LogP contribution < -0.4 is 0 Å². The maximum Gasteiger partial charge on any atom is 0.254 e. The van der Waals surface area contributed by atoms with E-state index in [0.717, 1.165) is 43.0 Å². The summed E-state index contributed by atoms with van der Waals surface area (Å²) in [5, 5.41) is 0. The third-order valence-electron chi connectivity index (χ3n) is 5.46. The second-order valence-corrected chi connectivity index (χ2v) is 8.24. The maximum atomic E-state index is 12.9. The molecule has 1 amide bonds. The van der Waals surface area contributed by atoms with Crippen LogP contribution >= 0.6 is 12.4 Å². The summed E-state index contributed by atoms with van der Waals surface area (Å²) in [7, 11) is 4.07. The molecule has 4 nitrogen and oxygen atoms in total. The van der Waals surface area contributed by atoms with E-state index in [9.17, 15) is 4.79 Å². The molecule has 5 heteroatoms. The summed E-state index contributed by atoms with van der Waals surface area (Å²) in [5.74, 6) is 2.03. The van der Waals surface area contributed by atoms with Crippen LogP contribution in [0.5, 0.6) is 0 Å². The molecule has 2 heterocycles. The summed E-state index contributed by atoms with van der Waals surface area (Å²) >= 11 is 0. The van der Waals surface area contributed by atoms with Gasteiger partial charge in [-0.1, -0.05) is 44.7 Å². The predicted molar refractivity (Wildman–Crippen MR) is 121 cm³/mol. The summed E-state index contributed by atoms with van der Waals surface area (Å²) in [6.45, 7) is 4.36. The van der Waals surface area contributed by atoms with E-state index >= 15 is 0 Å². The van der Waals surface area contributed by atoms with E-state index < -0.39 is 0 Å². The summed E-state index contributed by atoms with van der Waals surface area (Å²) < 4.78 is 5.99. The maximum absolute atomic E-state index is 12.9. The fourth-order valence-electron chi connectivity index (χ4n) is 3.87. The quantitative estimate of drug-likeness (QED) is 0.506. The second-order valence-electron chi connectivity index (χ2n) is 8.24. The zero-order chi connectivity index (χ0) is 19.9. The van der Waals surface area contributed by atoms with E-state index in [1.165, 1.54) is 43.2 Å². The Labute approximate surface area is 181 Å². The van der Waals surface area contributed by atoms with Gasteiger partial charge in [0.2, 0.25) is 0 Å². The minimum absolute atomic E-state index is 0. The molecule has 0 atom stereocenters. The van der Waals surface area contributed by atoms with Gasteiger partial charge in [-0.05, 0) is 62.7 Å².